The highest BCUT2D eigenvalue weighted by atomic mass is 19.4. The molecule has 0 saturated carbocycles. The minimum Gasteiger partial charge on any atom is -0.340 e. The van der Waals surface area contributed by atoms with Crippen molar-refractivity contribution < 1.29 is 13.2 Å². The number of aromatic nitrogens is 1. The number of fused-ring (bicyclic) bond motifs is 1. The van der Waals surface area contributed by atoms with Gasteiger partial charge in [-0.1, -0.05) is 82.2 Å². The van der Waals surface area contributed by atoms with Gasteiger partial charge in [-0.25, -0.2) is 4.98 Å². The molecule has 186 valence electrons. The fourth-order valence-corrected chi connectivity index (χ4v) is 4.41. The smallest absolute Gasteiger partial charge is 0.340 e. The number of rotatable bonds is 6. The molecule has 2 aromatic carbocycles. The minimum atomic E-state index is -4.44. The first-order chi connectivity index (χ1) is 16.8. The summed E-state index contributed by atoms with van der Waals surface area (Å²) in [7, 11) is 0. The van der Waals surface area contributed by atoms with Gasteiger partial charge in [-0.15, -0.1) is 0 Å². The minimum absolute atomic E-state index is 0.0999. The van der Waals surface area contributed by atoms with E-state index in [2.05, 4.69) is 30.7 Å². The van der Waals surface area contributed by atoms with Gasteiger partial charge >= 0.3 is 6.18 Å². The molecule has 0 fully saturated rings. The number of unbranched alkanes of at least 4 members (excludes halogenated alkanes) is 2. The fraction of sp³-hybridized carbons (Fsp3) is 0.367. The molecule has 1 aliphatic rings. The van der Waals surface area contributed by atoms with Gasteiger partial charge in [0.25, 0.3) is 0 Å². The van der Waals surface area contributed by atoms with Gasteiger partial charge in [0, 0.05) is 16.8 Å². The number of alkyl halides is 3. The van der Waals surface area contributed by atoms with E-state index in [1.165, 1.54) is 31.4 Å². The zero-order valence-corrected chi connectivity index (χ0v) is 20.9. The van der Waals surface area contributed by atoms with Crippen LogP contribution in [0.4, 0.5) is 19.0 Å². The Hall–Kier alpha value is -3.08. The molecule has 1 heterocycles. The van der Waals surface area contributed by atoms with Crippen molar-refractivity contribution in [3.63, 3.8) is 0 Å². The predicted molar refractivity (Wildman–Crippen MR) is 140 cm³/mol. The molecule has 0 spiro atoms. The van der Waals surface area contributed by atoms with Crippen molar-refractivity contribution in [2.75, 3.05) is 5.32 Å². The number of hydrogen-bond donors (Lipinski definition) is 1. The highest BCUT2D eigenvalue weighted by Crippen LogP contribution is 2.39. The van der Waals surface area contributed by atoms with Crippen LogP contribution < -0.4 is 5.32 Å². The van der Waals surface area contributed by atoms with Crippen LogP contribution in [0.1, 0.15) is 73.8 Å². The van der Waals surface area contributed by atoms with Crippen molar-refractivity contribution in [3.8, 4) is 11.3 Å². The summed E-state index contributed by atoms with van der Waals surface area (Å²) in [6.45, 7) is 10.6. The number of pyridine rings is 1. The second-order valence-corrected chi connectivity index (χ2v) is 9.02. The van der Waals surface area contributed by atoms with Crippen molar-refractivity contribution in [3.05, 3.63) is 89.0 Å². The van der Waals surface area contributed by atoms with Crippen molar-refractivity contribution in [2.45, 2.75) is 71.9 Å². The average molecular weight is 481 g/mol. The van der Waals surface area contributed by atoms with E-state index in [-0.39, 0.29) is 5.56 Å². The highest BCUT2D eigenvalue weighted by Gasteiger charge is 2.34. The van der Waals surface area contributed by atoms with E-state index in [0.717, 1.165) is 54.0 Å². The maximum absolute atomic E-state index is 13.6. The second-order valence-electron chi connectivity index (χ2n) is 9.02. The summed E-state index contributed by atoms with van der Waals surface area (Å²) in [4.78, 5) is 4.65. The molecule has 3 aromatic rings. The van der Waals surface area contributed by atoms with Crippen LogP contribution >= 0.6 is 0 Å². The van der Waals surface area contributed by atoms with Gasteiger partial charge in [0.2, 0.25) is 0 Å². The predicted octanol–water partition coefficient (Wildman–Crippen LogP) is 9.23. The third-order valence-electron chi connectivity index (χ3n) is 6.29. The van der Waals surface area contributed by atoms with E-state index >= 15 is 0 Å². The number of aryl methyl sites for hydroxylation is 2. The van der Waals surface area contributed by atoms with Crippen LogP contribution in [-0.4, -0.2) is 4.98 Å². The first-order valence-corrected chi connectivity index (χ1v) is 12.5. The lowest BCUT2D eigenvalue weighted by atomic mass is 9.90. The molecule has 2 nitrogen and oxygen atoms in total. The molecule has 1 N–H and O–H groups in total. The third kappa shape index (κ3) is 6.74. The number of halogens is 3. The fourth-order valence-electron chi connectivity index (χ4n) is 4.41. The lowest BCUT2D eigenvalue weighted by Gasteiger charge is -2.23. The van der Waals surface area contributed by atoms with E-state index in [1.807, 2.05) is 37.3 Å². The lowest BCUT2D eigenvalue weighted by molar-refractivity contribution is -0.137. The molecule has 0 saturated heterocycles. The van der Waals surface area contributed by atoms with Crippen LogP contribution in [0.15, 0.2) is 61.2 Å². The van der Waals surface area contributed by atoms with E-state index in [4.69, 9.17) is 0 Å². The van der Waals surface area contributed by atoms with E-state index in [0.29, 0.717) is 17.2 Å². The zero-order valence-electron chi connectivity index (χ0n) is 20.9. The lowest BCUT2D eigenvalue weighted by Crippen LogP contribution is -2.12. The topological polar surface area (TPSA) is 24.9 Å². The summed E-state index contributed by atoms with van der Waals surface area (Å²) in [6.07, 6.45) is 3.39. The molecule has 35 heavy (non-hydrogen) atoms. The largest absolute Gasteiger partial charge is 0.417 e. The molecule has 0 amide bonds. The maximum Gasteiger partial charge on any atom is 0.417 e. The van der Waals surface area contributed by atoms with Gasteiger partial charge in [-0.3, -0.25) is 0 Å². The molecule has 1 aromatic heterocycles. The molecular formula is C30H35F3N2. The number of hydrogen-bond acceptors (Lipinski definition) is 2. The van der Waals surface area contributed by atoms with Crippen LogP contribution in [-0.2, 0) is 19.0 Å². The summed E-state index contributed by atoms with van der Waals surface area (Å²) in [5.41, 5.74) is 4.62. The summed E-state index contributed by atoms with van der Waals surface area (Å²) >= 11 is 0. The molecule has 0 unspecified atom stereocenters. The van der Waals surface area contributed by atoms with Crippen molar-refractivity contribution >= 4 is 11.5 Å². The van der Waals surface area contributed by atoms with Crippen LogP contribution in [0, 0.1) is 6.92 Å². The normalized spacial score (nSPS) is 12.9. The molecule has 1 aliphatic carbocycles. The molecule has 4 rings (SSSR count). The first kappa shape index (κ1) is 26.5. The highest BCUT2D eigenvalue weighted by molar-refractivity contribution is 5.79. The molecule has 0 radical (unpaired) electrons. The van der Waals surface area contributed by atoms with E-state index in [9.17, 15) is 13.2 Å². The summed E-state index contributed by atoms with van der Waals surface area (Å²) in [6, 6.07) is 15.3. The Bertz CT molecular complexity index is 1150. The van der Waals surface area contributed by atoms with E-state index in [1.54, 1.807) is 6.07 Å². The van der Waals surface area contributed by atoms with Crippen molar-refractivity contribution in [2.24, 2.45) is 0 Å². The molecule has 0 aliphatic heterocycles. The Kier molecular flexibility index (Phi) is 9.13. The van der Waals surface area contributed by atoms with Gasteiger partial charge in [0.15, 0.2) is 0 Å². The van der Waals surface area contributed by atoms with Gasteiger partial charge in [-0.05, 0) is 61.4 Å². The van der Waals surface area contributed by atoms with Gasteiger partial charge < -0.3 is 5.32 Å². The zero-order chi connectivity index (χ0) is 25.4. The van der Waals surface area contributed by atoms with Crippen molar-refractivity contribution in [1.82, 2.24) is 4.98 Å². The van der Waals surface area contributed by atoms with Crippen LogP contribution in [0.2, 0.25) is 0 Å². The number of nitrogens with one attached hydrogen (secondary N) is 1. The van der Waals surface area contributed by atoms with Gasteiger partial charge in [0.1, 0.15) is 5.82 Å². The number of anilines is 1. The Morgan fingerprint density at radius 3 is 2.29 bits per heavy atom. The third-order valence-corrected chi connectivity index (χ3v) is 6.29. The monoisotopic (exact) mass is 480 g/mol. The van der Waals surface area contributed by atoms with Gasteiger partial charge in [-0.2, -0.15) is 13.2 Å². The van der Waals surface area contributed by atoms with Crippen LogP contribution in [0.3, 0.4) is 0 Å². The molecule has 0 atom stereocenters. The Morgan fingerprint density at radius 1 is 0.971 bits per heavy atom. The molecular weight excluding hydrogens is 445 g/mol. The summed E-state index contributed by atoms with van der Waals surface area (Å²) in [5.74, 6) is 0.604. The van der Waals surface area contributed by atoms with Gasteiger partial charge in [0.05, 0.1) is 11.3 Å². The maximum atomic E-state index is 13.6. The van der Waals surface area contributed by atoms with E-state index < -0.39 is 11.7 Å². The SMILES string of the molecule is C=C(Nc1nc(-c2ccccc2C(F)(F)F)cc2c1CCCC2)c1ccccc1C.CCCCC. The van der Waals surface area contributed by atoms with Crippen LogP contribution in [0.5, 0.6) is 0 Å². The summed E-state index contributed by atoms with van der Waals surface area (Å²) in [5, 5.41) is 3.31. The Balaban J connectivity index is 0.000000623. The second kappa shape index (κ2) is 12.1. The molecule has 0 bridgehead atoms. The average Bonchev–Trinajstić information content (AvgIpc) is 2.84. The Morgan fingerprint density at radius 2 is 1.63 bits per heavy atom. The Labute approximate surface area is 207 Å². The quantitative estimate of drug-likeness (QED) is 0.380. The number of benzene rings is 2. The summed E-state index contributed by atoms with van der Waals surface area (Å²) < 4.78 is 40.8. The first-order valence-electron chi connectivity index (χ1n) is 12.5. The number of nitrogens with zero attached hydrogens (tertiary/aromatic N) is 1. The standard InChI is InChI=1S/C25H23F3N2.C5H12/c1-16-9-3-5-11-19(16)17(2)29-24-20-12-6-4-10-18(20)15-23(30-24)21-13-7-8-14-22(21)25(26,27)28;1-3-5-4-2/h3,5,7-9,11,13-15H,2,4,6,10,12H2,1H3,(H,29,30);3-5H2,1-2H3. The molecule has 5 heteroatoms. The van der Waals surface area contributed by atoms with Crippen LogP contribution in [0.25, 0.3) is 17.0 Å². The van der Waals surface area contributed by atoms with Crippen molar-refractivity contribution in [1.29, 1.82) is 0 Å².